The number of nitrogens with zero attached hydrogens (tertiary/aromatic N) is 5. The number of ether oxygens (including phenoxy) is 1. The maximum atomic E-state index is 6.21. The van der Waals surface area contributed by atoms with Crippen molar-refractivity contribution in [3.63, 3.8) is 0 Å². The molecule has 31 heavy (non-hydrogen) atoms. The molecular weight excluding hydrogens is 529 g/mol. The highest BCUT2D eigenvalue weighted by molar-refractivity contribution is 14.0. The number of pyridine rings is 1. The summed E-state index contributed by atoms with van der Waals surface area (Å²) in [5.74, 6) is 2.41. The van der Waals surface area contributed by atoms with Crippen LogP contribution in [0.3, 0.4) is 0 Å². The molecule has 0 spiro atoms. The van der Waals surface area contributed by atoms with Gasteiger partial charge < -0.3 is 20.3 Å². The summed E-state index contributed by atoms with van der Waals surface area (Å²) in [4.78, 5) is 7.01. The molecule has 1 fully saturated rings. The van der Waals surface area contributed by atoms with Gasteiger partial charge in [0.1, 0.15) is 12.3 Å². The lowest BCUT2D eigenvalue weighted by Crippen LogP contribution is -2.44. The number of hydrogen-bond donors (Lipinski definition) is 2. The third-order valence-corrected chi connectivity index (χ3v) is 5.35. The van der Waals surface area contributed by atoms with Crippen LogP contribution in [0.1, 0.15) is 19.2 Å². The summed E-state index contributed by atoms with van der Waals surface area (Å²) in [5.41, 5.74) is 1.84. The second-order valence-electron chi connectivity index (χ2n) is 7.13. The van der Waals surface area contributed by atoms with E-state index >= 15 is 0 Å². The molecule has 10 heteroatoms. The van der Waals surface area contributed by atoms with Crippen LogP contribution in [0.15, 0.2) is 47.6 Å². The summed E-state index contributed by atoms with van der Waals surface area (Å²) in [6, 6.07) is 11.8. The number of aromatic nitrogens is 3. The number of methoxy groups -OCH3 is 1. The number of hydrogen-bond acceptors (Lipinski definition) is 5. The van der Waals surface area contributed by atoms with Gasteiger partial charge >= 0.3 is 0 Å². The van der Waals surface area contributed by atoms with E-state index in [0.717, 1.165) is 54.9 Å². The van der Waals surface area contributed by atoms with E-state index in [9.17, 15) is 0 Å². The Morgan fingerprint density at radius 1 is 1.29 bits per heavy atom. The zero-order valence-corrected chi connectivity index (χ0v) is 20.7. The Balaban J connectivity index is 0.00000272. The summed E-state index contributed by atoms with van der Waals surface area (Å²) < 4.78 is 7.46. The SMILES string of the molecule is CCNC(=NCc1nnc2ccccn12)NC1CCN(c2cc(Cl)ccc2OC)C1.I. The summed E-state index contributed by atoms with van der Waals surface area (Å²) >= 11 is 6.21. The predicted molar refractivity (Wildman–Crippen MR) is 135 cm³/mol. The van der Waals surface area contributed by atoms with Crippen LogP contribution >= 0.6 is 35.6 Å². The van der Waals surface area contributed by atoms with Crippen molar-refractivity contribution in [2.45, 2.75) is 25.9 Å². The predicted octanol–water partition coefficient (Wildman–Crippen LogP) is 3.34. The van der Waals surface area contributed by atoms with Crippen LogP contribution in [0, 0.1) is 0 Å². The number of guanidine groups is 1. The molecule has 8 nitrogen and oxygen atoms in total. The Morgan fingerprint density at radius 2 is 2.16 bits per heavy atom. The third kappa shape index (κ3) is 5.51. The first-order valence-electron chi connectivity index (χ1n) is 10.1. The van der Waals surface area contributed by atoms with E-state index in [-0.39, 0.29) is 30.0 Å². The van der Waals surface area contributed by atoms with E-state index in [4.69, 9.17) is 21.3 Å². The molecule has 0 aliphatic carbocycles. The van der Waals surface area contributed by atoms with Crippen molar-refractivity contribution < 1.29 is 4.74 Å². The topological polar surface area (TPSA) is 79.1 Å². The first-order valence-corrected chi connectivity index (χ1v) is 10.5. The first kappa shape index (κ1) is 23.4. The van der Waals surface area contributed by atoms with Gasteiger partial charge in [-0.15, -0.1) is 34.2 Å². The molecule has 1 aliphatic heterocycles. The quantitative estimate of drug-likeness (QED) is 0.276. The molecular formula is C21H27ClIN7O. The van der Waals surface area contributed by atoms with Gasteiger partial charge in [0.15, 0.2) is 17.4 Å². The normalized spacial score (nSPS) is 16.3. The van der Waals surface area contributed by atoms with Crippen molar-refractivity contribution in [2.24, 2.45) is 4.99 Å². The van der Waals surface area contributed by atoms with Gasteiger partial charge in [0.05, 0.1) is 12.8 Å². The van der Waals surface area contributed by atoms with Crippen LogP contribution in [-0.2, 0) is 6.54 Å². The molecule has 1 atom stereocenters. The molecule has 2 aromatic heterocycles. The molecule has 1 saturated heterocycles. The van der Waals surface area contributed by atoms with Gasteiger partial charge in [-0.3, -0.25) is 4.40 Å². The van der Waals surface area contributed by atoms with Crippen LogP contribution < -0.4 is 20.3 Å². The van der Waals surface area contributed by atoms with Crippen LogP contribution in [0.5, 0.6) is 5.75 Å². The molecule has 1 aromatic carbocycles. The minimum atomic E-state index is 0. The summed E-state index contributed by atoms with van der Waals surface area (Å²) in [7, 11) is 1.68. The second kappa shape index (κ2) is 10.9. The van der Waals surface area contributed by atoms with Gasteiger partial charge in [-0.05, 0) is 43.7 Å². The molecule has 1 unspecified atom stereocenters. The number of nitrogens with one attached hydrogen (secondary N) is 2. The van der Waals surface area contributed by atoms with E-state index < -0.39 is 0 Å². The molecule has 0 amide bonds. The van der Waals surface area contributed by atoms with E-state index in [1.165, 1.54) is 0 Å². The fraction of sp³-hybridized carbons (Fsp3) is 0.381. The average Bonchev–Trinajstić information content (AvgIpc) is 3.39. The summed E-state index contributed by atoms with van der Waals surface area (Å²) in [6.07, 6.45) is 2.95. The Hall–Kier alpha value is -2.27. The molecule has 3 heterocycles. The second-order valence-corrected chi connectivity index (χ2v) is 7.57. The molecule has 0 radical (unpaired) electrons. The van der Waals surface area contributed by atoms with Crippen LogP contribution in [0.25, 0.3) is 5.65 Å². The highest BCUT2D eigenvalue weighted by atomic mass is 127. The molecule has 0 saturated carbocycles. The molecule has 0 bridgehead atoms. The van der Waals surface area contributed by atoms with Gasteiger partial charge in [0.25, 0.3) is 0 Å². The van der Waals surface area contributed by atoms with E-state index in [1.54, 1.807) is 7.11 Å². The van der Waals surface area contributed by atoms with Crippen molar-refractivity contribution in [3.8, 4) is 5.75 Å². The molecule has 1 aliphatic rings. The fourth-order valence-corrected chi connectivity index (χ4v) is 3.84. The third-order valence-electron chi connectivity index (χ3n) is 5.12. The monoisotopic (exact) mass is 555 g/mol. The lowest BCUT2D eigenvalue weighted by Gasteiger charge is -2.22. The zero-order valence-electron chi connectivity index (χ0n) is 17.6. The van der Waals surface area contributed by atoms with Crippen molar-refractivity contribution >= 4 is 52.9 Å². The summed E-state index contributed by atoms with van der Waals surface area (Å²) in [5, 5.41) is 16.0. The number of halogens is 2. The van der Waals surface area contributed by atoms with Crippen molar-refractivity contribution in [3.05, 3.63) is 53.4 Å². The maximum absolute atomic E-state index is 6.21. The van der Waals surface area contributed by atoms with Gasteiger partial charge in [-0.25, -0.2) is 4.99 Å². The number of fused-ring (bicyclic) bond motifs is 1. The molecule has 166 valence electrons. The van der Waals surface area contributed by atoms with Gasteiger partial charge in [-0.2, -0.15) is 0 Å². The fourth-order valence-electron chi connectivity index (χ4n) is 3.67. The van der Waals surface area contributed by atoms with E-state index in [2.05, 4.69) is 32.7 Å². The Labute approximate surface area is 204 Å². The minimum absolute atomic E-state index is 0. The van der Waals surface area contributed by atoms with Crippen molar-refractivity contribution in [1.29, 1.82) is 0 Å². The molecule has 3 aromatic rings. The lowest BCUT2D eigenvalue weighted by atomic mass is 10.2. The van der Waals surface area contributed by atoms with Crippen LogP contribution in [0.2, 0.25) is 5.02 Å². The number of anilines is 1. The van der Waals surface area contributed by atoms with E-state index in [1.807, 2.05) is 47.0 Å². The molecule has 2 N–H and O–H groups in total. The minimum Gasteiger partial charge on any atom is -0.495 e. The van der Waals surface area contributed by atoms with Gasteiger partial charge in [-0.1, -0.05) is 17.7 Å². The average molecular weight is 556 g/mol. The maximum Gasteiger partial charge on any atom is 0.191 e. The molecule has 4 rings (SSSR count). The van der Waals surface area contributed by atoms with Gasteiger partial charge in [0.2, 0.25) is 0 Å². The first-order chi connectivity index (χ1) is 14.7. The highest BCUT2D eigenvalue weighted by Crippen LogP contribution is 2.33. The Kier molecular flexibility index (Phi) is 8.19. The summed E-state index contributed by atoms with van der Waals surface area (Å²) in [6.45, 7) is 5.04. The zero-order chi connectivity index (χ0) is 20.9. The number of aliphatic imine (C=N–C) groups is 1. The Bertz CT molecular complexity index is 1040. The van der Waals surface area contributed by atoms with Crippen LogP contribution in [0.4, 0.5) is 5.69 Å². The van der Waals surface area contributed by atoms with E-state index in [0.29, 0.717) is 11.6 Å². The largest absolute Gasteiger partial charge is 0.495 e. The van der Waals surface area contributed by atoms with Crippen LogP contribution in [-0.4, -0.2) is 53.3 Å². The lowest BCUT2D eigenvalue weighted by molar-refractivity contribution is 0.415. The smallest absolute Gasteiger partial charge is 0.191 e. The standard InChI is InChI=1S/C21H26ClN7O.HI/c1-3-23-21(24-13-20-27-26-19-6-4-5-10-29(19)20)25-16-9-11-28(14-16)17-12-15(22)7-8-18(17)30-2;/h4-8,10,12,16H,3,9,11,13-14H2,1-2H3,(H2,23,24,25);1H. The Morgan fingerprint density at radius 3 is 2.97 bits per heavy atom. The van der Waals surface area contributed by atoms with Crippen molar-refractivity contribution in [2.75, 3.05) is 31.6 Å². The van der Waals surface area contributed by atoms with Crippen molar-refractivity contribution in [1.82, 2.24) is 25.2 Å². The highest BCUT2D eigenvalue weighted by Gasteiger charge is 2.25. The number of benzene rings is 1. The van der Waals surface area contributed by atoms with Gasteiger partial charge in [0, 0.05) is 36.9 Å². The number of rotatable bonds is 6.